The van der Waals surface area contributed by atoms with Crippen LogP contribution in [0.2, 0.25) is 39.3 Å². The van der Waals surface area contributed by atoms with Crippen LogP contribution in [0.5, 0.6) is 0 Å². The number of nitro groups is 1. The van der Waals surface area contributed by atoms with Gasteiger partial charge >= 0.3 is 11.9 Å². The van der Waals surface area contributed by atoms with Gasteiger partial charge in [-0.3, -0.25) is 19.7 Å². The molecule has 2 rings (SSSR count). The molecule has 0 unspecified atom stereocenters. The average Bonchev–Trinajstić information content (AvgIpc) is 3.35. The molecule has 1 aromatic rings. The Kier molecular flexibility index (Phi) is 7.12. The van der Waals surface area contributed by atoms with Crippen molar-refractivity contribution in [1.82, 2.24) is 5.23 Å². The SMILES string of the molecule is COC(=O)C1(C(=O)OC)[C@@H](N(O[Si](C)(C)C)O[Si](C)(C)C)[C@@H]1c1ccc([N+](=O)[O-])cc1. The first kappa shape index (κ1) is 25.1. The molecule has 0 aromatic heterocycles. The molecular formula is C19H30N2O8Si2. The first-order valence-corrected chi connectivity index (χ1v) is 16.6. The number of ether oxygens (including phenoxy) is 2. The zero-order chi connectivity index (χ0) is 23.8. The summed E-state index contributed by atoms with van der Waals surface area (Å²) >= 11 is 0. The smallest absolute Gasteiger partial charge is 0.325 e. The second kappa shape index (κ2) is 8.78. The lowest BCUT2D eigenvalue weighted by molar-refractivity contribution is -0.384. The van der Waals surface area contributed by atoms with Crippen LogP contribution in [-0.4, -0.2) is 59.0 Å². The predicted molar refractivity (Wildman–Crippen MR) is 117 cm³/mol. The van der Waals surface area contributed by atoms with Crippen LogP contribution in [-0.2, 0) is 28.1 Å². The van der Waals surface area contributed by atoms with Crippen molar-refractivity contribution in [2.75, 3.05) is 14.2 Å². The van der Waals surface area contributed by atoms with Crippen LogP contribution in [0, 0.1) is 15.5 Å². The molecule has 1 aromatic carbocycles. The van der Waals surface area contributed by atoms with E-state index in [1.807, 2.05) is 39.3 Å². The van der Waals surface area contributed by atoms with E-state index in [9.17, 15) is 19.7 Å². The number of methoxy groups -OCH3 is 2. The molecular weight excluding hydrogens is 440 g/mol. The Bertz CT molecular complexity index is 816. The number of nitro benzene ring substituents is 1. The number of non-ortho nitro benzene ring substituents is 1. The molecule has 10 nitrogen and oxygen atoms in total. The topological polar surface area (TPSA) is 117 Å². The van der Waals surface area contributed by atoms with Gasteiger partial charge in [-0.2, -0.15) is 0 Å². The maximum absolute atomic E-state index is 13.0. The molecule has 12 heteroatoms. The van der Waals surface area contributed by atoms with Crippen LogP contribution in [0.15, 0.2) is 24.3 Å². The van der Waals surface area contributed by atoms with Crippen molar-refractivity contribution in [2.45, 2.75) is 51.2 Å². The van der Waals surface area contributed by atoms with E-state index < -0.39 is 50.9 Å². The Hall–Kier alpha value is -2.13. The summed E-state index contributed by atoms with van der Waals surface area (Å²) in [4.78, 5) is 36.4. The number of rotatable bonds is 9. The second-order valence-corrected chi connectivity index (χ2v) is 18.1. The summed E-state index contributed by atoms with van der Waals surface area (Å²) in [6, 6.07) is 4.84. The van der Waals surface area contributed by atoms with Gasteiger partial charge in [-0.05, 0) is 44.8 Å². The number of benzene rings is 1. The molecule has 0 N–H and O–H groups in total. The third-order valence-electron chi connectivity index (χ3n) is 4.63. The van der Waals surface area contributed by atoms with Crippen molar-refractivity contribution >= 4 is 34.3 Å². The van der Waals surface area contributed by atoms with Crippen LogP contribution >= 0.6 is 0 Å². The number of hydroxylamine groups is 2. The Morgan fingerprint density at radius 3 is 1.68 bits per heavy atom. The highest BCUT2D eigenvalue weighted by Gasteiger charge is 2.80. The Morgan fingerprint density at radius 2 is 1.35 bits per heavy atom. The van der Waals surface area contributed by atoms with Gasteiger partial charge in [0.25, 0.3) is 5.69 Å². The summed E-state index contributed by atoms with van der Waals surface area (Å²) in [6.45, 7) is 11.7. The van der Waals surface area contributed by atoms with Gasteiger partial charge in [-0.25, -0.2) is 0 Å². The number of carbonyl (C=O) groups excluding carboxylic acids is 2. The highest BCUT2D eigenvalue weighted by molar-refractivity contribution is 6.70. The third kappa shape index (κ3) is 5.21. The predicted octanol–water partition coefficient (Wildman–Crippen LogP) is 3.23. The minimum absolute atomic E-state index is 0.101. The first-order chi connectivity index (χ1) is 14.2. The number of hydrogen-bond donors (Lipinski definition) is 0. The Morgan fingerprint density at radius 1 is 0.935 bits per heavy atom. The lowest BCUT2D eigenvalue weighted by Crippen LogP contribution is -2.48. The summed E-state index contributed by atoms with van der Waals surface area (Å²) in [5.74, 6) is -2.30. The summed E-state index contributed by atoms with van der Waals surface area (Å²) in [6.07, 6.45) is 0. The minimum Gasteiger partial charge on any atom is -0.468 e. The molecule has 0 aliphatic heterocycles. The first-order valence-electron chi connectivity index (χ1n) is 9.77. The number of hydrogen-bond acceptors (Lipinski definition) is 9. The van der Waals surface area contributed by atoms with Crippen LogP contribution in [0.4, 0.5) is 5.69 Å². The van der Waals surface area contributed by atoms with Gasteiger partial charge in [0.15, 0.2) is 5.41 Å². The van der Waals surface area contributed by atoms with Crippen LogP contribution < -0.4 is 0 Å². The number of carbonyl (C=O) groups is 2. The van der Waals surface area contributed by atoms with Crippen molar-refractivity contribution in [3.05, 3.63) is 39.9 Å². The maximum Gasteiger partial charge on any atom is 0.325 e. The lowest BCUT2D eigenvalue weighted by atomic mass is 9.99. The van der Waals surface area contributed by atoms with Crippen LogP contribution in [0.1, 0.15) is 11.5 Å². The average molecular weight is 471 g/mol. The van der Waals surface area contributed by atoms with E-state index in [1.54, 1.807) is 0 Å². The maximum atomic E-state index is 13.0. The molecule has 1 saturated carbocycles. The van der Waals surface area contributed by atoms with Crippen molar-refractivity contribution < 1.29 is 33.0 Å². The van der Waals surface area contributed by atoms with E-state index in [-0.39, 0.29) is 5.69 Å². The summed E-state index contributed by atoms with van der Waals surface area (Å²) < 4.78 is 22.3. The molecule has 1 fully saturated rings. The quantitative estimate of drug-likeness (QED) is 0.176. The van der Waals surface area contributed by atoms with Crippen molar-refractivity contribution in [2.24, 2.45) is 5.41 Å². The fourth-order valence-electron chi connectivity index (χ4n) is 3.49. The van der Waals surface area contributed by atoms with Gasteiger partial charge in [0.1, 0.15) is 0 Å². The molecule has 2 atom stereocenters. The molecule has 0 bridgehead atoms. The van der Waals surface area contributed by atoms with Crippen molar-refractivity contribution in [1.29, 1.82) is 0 Å². The lowest BCUT2D eigenvalue weighted by Gasteiger charge is -2.34. The van der Waals surface area contributed by atoms with Gasteiger partial charge in [-0.1, -0.05) is 17.4 Å². The molecule has 0 saturated heterocycles. The van der Waals surface area contributed by atoms with Gasteiger partial charge < -0.3 is 18.5 Å². The largest absolute Gasteiger partial charge is 0.468 e. The van der Waals surface area contributed by atoms with E-state index in [0.29, 0.717) is 5.56 Å². The standard InChI is InChI=1S/C19H30N2O8Si2/c1-26-17(22)19(18(23)27-2)15(13-9-11-14(12-10-13)20(24)25)16(19)21(28-30(3,4)5)29-31(6,7)8/h9-12,15-16H,1-8H3/t15-,16-/m0/s1. The Labute approximate surface area is 183 Å². The van der Waals surface area contributed by atoms with Gasteiger partial charge in [-0.15, -0.1) is 0 Å². The molecule has 1 aliphatic carbocycles. The van der Waals surface area contributed by atoms with Gasteiger partial charge in [0.05, 0.1) is 25.2 Å². The zero-order valence-corrected chi connectivity index (χ0v) is 21.1. The highest BCUT2D eigenvalue weighted by Crippen LogP contribution is 2.64. The van der Waals surface area contributed by atoms with E-state index in [2.05, 4.69) is 0 Å². The molecule has 0 amide bonds. The highest BCUT2D eigenvalue weighted by atomic mass is 28.4. The fourth-order valence-corrected chi connectivity index (χ4v) is 4.95. The second-order valence-electron chi connectivity index (χ2n) is 9.32. The molecule has 0 radical (unpaired) electrons. The molecule has 172 valence electrons. The minimum atomic E-state index is -2.22. The monoisotopic (exact) mass is 470 g/mol. The van der Waals surface area contributed by atoms with E-state index in [4.69, 9.17) is 18.5 Å². The Balaban J connectivity index is 2.63. The molecule has 0 spiro atoms. The van der Waals surface area contributed by atoms with Crippen molar-refractivity contribution in [3.8, 4) is 0 Å². The van der Waals surface area contributed by atoms with E-state index in [1.165, 1.54) is 43.7 Å². The summed E-state index contributed by atoms with van der Waals surface area (Å²) in [7, 11) is -2.05. The van der Waals surface area contributed by atoms with Crippen LogP contribution in [0.25, 0.3) is 0 Å². The molecule has 0 heterocycles. The molecule has 31 heavy (non-hydrogen) atoms. The number of nitrogens with zero attached hydrogens (tertiary/aromatic N) is 2. The fraction of sp³-hybridized carbons (Fsp3) is 0.579. The van der Waals surface area contributed by atoms with E-state index in [0.717, 1.165) is 0 Å². The van der Waals surface area contributed by atoms with Gasteiger partial charge in [0.2, 0.25) is 16.6 Å². The summed E-state index contributed by atoms with van der Waals surface area (Å²) in [5, 5.41) is 12.3. The van der Waals surface area contributed by atoms with Gasteiger partial charge in [0, 0.05) is 18.1 Å². The number of esters is 2. The van der Waals surface area contributed by atoms with E-state index >= 15 is 0 Å². The molecule has 1 aliphatic rings. The van der Waals surface area contributed by atoms with Crippen LogP contribution in [0.3, 0.4) is 0 Å². The zero-order valence-electron chi connectivity index (χ0n) is 19.1. The normalized spacial score (nSPS) is 20.3. The summed E-state index contributed by atoms with van der Waals surface area (Å²) in [5.41, 5.74) is -1.29. The third-order valence-corrected chi connectivity index (χ3v) is 6.08. The van der Waals surface area contributed by atoms with Crippen molar-refractivity contribution in [3.63, 3.8) is 0 Å².